The first-order valence-electron chi connectivity index (χ1n) is 29.9. The van der Waals surface area contributed by atoms with Gasteiger partial charge in [0.15, 0.2) is 18.7 Å². The van der Waals surface area contributed by atoms with Gasteiger partial charge in [0, 0.05) is 92.8 Å². The summed E-state index contributed by atoms with van der Waals surface area (Å²) in [4.78, 5) is 112. The van der Waals surface area contributed by atoms with E-state index in [2.05, 4.69) is 36.9 Å². The predicted molar refractivity (Wildman–Crippen MR) is 410 cm³/mol. The number of aryl methyl sites for hydroxylation is 1. The quantitative estimate of drug-likeness (QED) is 0.0206. The van der Waals surface area contributed by atoms with Crippen LogP contribution >= 0.6 is 119 Å². The first kappa shape index (κ1) is 77.0. The standard InChI is InChI=1S/C19H13ClO5S2.C18H14BrNO3S2.C18H13ClN2O4S.C18H12ClNO4S/c20-12-3-1-11(2-4-12)14-10-27-16(18(14)19(23)24)7-13(22)9-25-15-5-6-26-17(15)8-21;19-12-5-3-11(4-6-12)14-10-25-17(16(14)18(22)23)20-15(21)8-7-13-2-1-9-24-13;19-12-5-3-11(4-6-12)14-10-26-17(16(14)18(23)24)21-15(22)9-25-13-2-1-7-20-8-13;19-12-5-3-11(4-6-12)14-10-25-17(16(14)18(22)23)20-15(21)8-7-13-2-1-9-24-13/h1-6,8,10H,7,9H2,(H,23,24);1-6,9-10H,7-8H2,(H,20,21)(H,22,23);1-8,10H,9H2,(H,21,22)(H,23,24);1-10H,(H,20,21)(H,22,23)/b;;;8-7+. The molecule has 30 heteroatoms. The molecule has 0 bridgehead atoms. The topological polar surface area (TPSA) is 315 Å². The third kappa shape index (κ3) is 21.9. The monoisotopic (exact) mass is 1620 g/mol. The van der Waals surface area contributed by atoms with Gasteiger partial charge < -0.3 is 50.3 Å². The van der Waals surface area contributed by atoms with Crippen molar-refractivity contribution in [3.8, 4) is 56.0 Å². The van der Waals surface area contributed by atoms with Crippen LogP contribution in [0.15, 0.2) is 205 Å². The molecule has 103 heavy (non-hydrogen) atoms. The molecule has 20 nitrogen and oxygen atoms in total. The summed E-state index contributed by atoms with van der Waals surface area (Å²) in [6, 6.07) is 40.2. The first-order chi connectivity index (χ1) is 49.6. The highest BCUT2D eigenvalue weighted by molar-refractivity contribution is 9.10. The third-order valence-corrected chi connectivity index (χ3v) is 20.8. The Labute approximate surface area is 633 Å². The lowest BCUT2D eigenvalue weighted by atomic mass is 10.0. The number of Topliss-reactive ketones (excluding diaryl/α,β-unsaturated/α-hetero) is 1. The summed E-state index contributed by atoms with van der Waals surface area (Å²) in [7, 11) is 0. The number of ketones is 1. The molecule has 0 spiro atoms. The molecular weight excluding hydrogens is 1570 g/mol. The number of carboxylic acid groups (broad SMARTS) is 4. The normalized spacial score (nSPS) is 10.6. The fourth-order valence-corrected chi connectivity index (χ4v) is 15.3. The molecule has 3 amide bonds. The largest absolute Gasteiger partial charge is 0.484 e. The maximum Gasteiger partial charge on any atom is 0.339 e. The Morgan fingerprint density at radius 3 is 1.50 bits per heavy atom. The molecule has 524 valence electrons. The summed E-state index contributed by atoms with van der Waals surface area (Å²) in [6.45, 7) is -0.482. The fourth-order valence-electron chi connectivity index (χ4n) is 9.34. The average molecular weight is 1620 g/mol. The van der Waals surface area contributed by atoms with Gasteiger partial charge in [0.25, 0.3) is 5.91 Å². The number of aromatic carboxylic acids is 4. The summed E-state index contributed by atoms with van der Waals surface area (Å²) in [5.74, 6) is -4.39. The van der Waals surface area contributed by atoms with Crippen molar-refractivity contribution in [1.29, 1.82) is 0 Å². The number of furan rings is 1. The molecular formula is C73H52BrCl3N4O16S6. The van der Waals surface area contributed by atoms with E-state index in [4.69, 9.17) is 48.7 Å². The van der Waals surface area contributed by atoms with Crippen LogP contribution in [-0.2, 0) is 32.0 Å². The van der Waals surface area contributed by atoms with Crippen LogP contribution in [0.4, 0.5) is 15.0 Å². The van der Waals surface area contributed by atoms with Crippen LogP contribution in [0, 0.1) is 0 Å². The van der Waals surface area contributed by atoms with E-state index in [0.29, 0.717) is 99.6 Å². The van der Waals surface area contributed by atoms with Crippen molar-refractivity contribution < 1.29 is 77.5 Å². The van der Waals surface area contributed by atoms with Gasteiger partial charge in [0.2, 0.25) is 11.8 Å². The van der Waals surface area contributed by atoms with Crippen molar-refractivity contribution in [3.05, 3.63) is 259 Å². The van der Waals surface area contributed by atoms with E-state index in [1.807, 2.05) is 41.8 Å². The van der Waals surface area contributed by atoms with Crippen LogP contribution in [0.2, 0.25) is 15.1 Å². The van der Waals surface area contributed by atoms with Gasteiger partial charge in [-0.3, -0.25) is 29.0 Å². The number of nitrogens with one attached hydrogen (secondary N) is 3. The minimum Gasteiger partial charge on any atom is -0.484 e. The van der Waals surface area contributed by atoms with E-state index in [0.717, 1.165) is 43.2 Å². The third-order valence-electron chi connectivity index (χ3n) is 14.1. The summed E-state index contributed by atoms with van der Waals surface area (Å²) in [5.41, 5.74) is 5.47. The van der Waals surface area contributed by atoms with Crippen LogP contribution in [-0.4, -0.2) is 92.3 Å². The number of rotatable bonds is 25. The van der Waals surface area contributed by atoms with Gasteiger partial charge in [-0.15, -0.1) is 68.0 Å². The minimum atomic E-state index is -1.13. The number of pyridine rings is 1. The number of carbonyl (C=O) groups is 9. The number of hydrogen-bond acceptors (Lipinski definition) is 19. The number of carbonyl (C=O) groups excluding carboxylic acids is 5. The maximum atomic E-state index is 12.3. The number of nitrogens with zero attached hydrogens (tertiary/aromatic N) is 1. The van der Waals surface area contributed by atoms with Crippen molar-refractivity contribution in [2.45, 2.75) is 19.3 Å². The molecule has 0 saturated carbocycles. The van der Waals surface area contributed by atoms with Crippen molar-refractivity contribution in [2.24, 2.45) is 0 Å². The van der Waals surface area contributed by atoms with Crippen LogP contribution in [0.1, 0.15) is 73.0 Å². The number of thiophene rings is 6. The lowest BCUT2D eigenvalue weighted by Crippen LogP contribution is -2.20. The minimum absolute atomic E-state index is 0.0343. The van der Waals surface area contributed by atoms with Crippen molar-refractivity contribution in [2.75, 3.05) is 29.2 Å². The summed E-state index contributed by atoms with van der Waals surface area (Å²) >= 11 is 28.6. The molecule has 4 aromatic carbocycles. The predicted octanol–water partition coefficient (Wildman–Crippen LogP) is 19.5. The van der Waals surface area contributed by atoms with Gasteiger partial charge in [-0.1, -0.05) is 105 Å². The van der Waals surface area contributed by atoms with Crippen molar-refractivity contribution >= 4 is 194 Å². The van der Waals surface area contributed by atoms with Gasteiger partial charge in [-0.25, -0.2) is 19.2 Å². The number of aromatic nitrogens is 1. The molecule has 0 unspecified atom stereocenters. The molecule has 12 rings (SSSR count). The van der Waals surface area contributed by atoms with E-state index in [9.17, 15) is 63.6 Å². The zero-order valence-electron chi connectivity index (χ0n) is 52.8. The number of carboxylic acids is 4. The van der Waals surface area contributed by atoms with E-state index in [1.165, 1.54) is 58.6 Å². The Kier molecular flexibility index (Phi) is 28.2. The molecule has 0 aliphatic carbocycles. The van der Waals surface area contributed by atoms with Crippen LogP contribution in [0.5, 0.6) is 11.5 Å². The van der Waals surface area contributed by atoms with Crippen LogP contribution in [0.3, 0.4) is 0 Å². The second kappa shape index (κ2) is 37.7. The highest BCUT2D eigenvalue weighted by Crippen LogP contribution is 2.40. The molecule has 0 saturated heterocycles. The molecule has 7 N–H and O–H groups in total. The van der Waals surface area contributed by atoms with Gasteiger partial charge in [0.05, 0.1) is 18.0 Å². The lowest BCUT2D eigenvalue weighted by Gasteiger charge is -2.07. The van der Waals surface area contributed by atoms with E-state index in [1.54, 1.807) is 148 Å². The number of anilines is 3. The Hall–Kier alpha value is -10.2. The second-order valence-electron chi connectivity index (χ2n) is 21.0. The number of aldehydes is 1. The Morgan fingerprint density at radius 2 is 1.03 bits per heavy atom. The Bertz CT molecular complexity index is 4980. The van der Waals surface area contributed by atoms with Crippen molar-refractivity contribution in [3.63, 3.8) is 0 Å². The Morgan fingerprint density at radius 1 is 0.524 bits per heavy atom. The van der Waals surface area contributed by atoms with Gasteiger partial charge in [-0.2, -0.15) is 0 Å². The van der Waals surface area contributed by atoms with Crippen LogP contribution in [0.25, 0.3) is 50.6 Å². The van der Waals surface area contributed by atoms with Gasteiger partial charge >= 0.3 is 23.9 Å². The molecule has 0 atom stereocenters. The summed E-state index contributed by atoms with van der Waals surface area (Å²) in [5, 5.41) is 59.4. The van der Waals surface area contributed by atoms with E-state index >= 15 is 0 Å². The Balaban J connectivity index is 0.000000160. The zero-order chi connectivity index (χ0) is 73.5. The number of halogens is 4. The van der Waals surface area contributed by atoms with Crippen molar-refractivity contribution in [1.82, 2.24) is 4.98 Å². The number of amides is 3. The fraction of sp³-hybridized carbons (Fsp3) is 0.0685. The maximum absolute atomic E-state index is 12.3. The highest BCUT2D eigenvalue weighted by atomic mass is 79.9. The number of hydrogen-bond donors (Lipinski definition) is 7. The molecule has 0 radical (unpaired) electrons. The van der Waals surface area contributed by atoms with E-state index in [-0.39, 0.29) is 63.6 Å². The smallest absolute Gasteiger partial charge is 0.339 e. The molecule has 8 aromatic heterocycles. The zero-order valence-corrected chi connectivity index (χ0v) is 61.6. The molecule has 0 fully saturated rings. The second-order valence-corrected chi connectivity index (χ2v) is 28.8. The number of ether oxygens (including phenoxy) is 2. The molecule has 8 heterocycles. The molecule has 0 aliphatic rings. The highest BCUT2D eigenvalue weighted by Gasteiger charge is 2.26. The van der Waals surface area contributed by atoms with Gasteiger partial charge in [-0.05, 0) is 136 Å². The number of benzene rings is 4. The van der Waals surface area contributed by atoms with E-state index < -0.39 is 35.7 Å². The molecule has 0 aliphatic heterocycles. The lowest BCUT2D eigenvalue weighted by molar-refractivity contribution is -0.120. The summed E-state index contributed by atoms with van der Waals surface area (Å²) in [6.07, 6.45) is 8.95. The van der Waals surface area contributed by atoms with Gasteiger partial charge in [0.1, 0.15) is 60.4 Å². The average Bonchev–Trinajstić information content (AvgIpc) is 1.70. The SMILES string of the molecule is O=C(/C=C/c1ccco1)Nc1scc(-c2ccc(Cl)cc2)c1C(=O)O.O=C(CCc1cccs1)Nc1scc(-c2ccc(Br)cc2)c1C(=O)O.O=C(COc1cccnc1)Nc1scc(-c2ccc(Cl)cc2)c1C(=O)O.O=Cc1sccc1OCC(=O)Cc1scc(-c2ccc(Cl)cc2)c1C(=O)O. The summed E-state index contributed by atoms with van der Waals surface area (Å²) < 4.78 is 16.7. The van der Waals surface area contributed by atoms with Crippen LogP contribution < -0.4 is 25.4 Å². The molecule has 12 aromatic rings. The first-order valence-corrected chi connectivity index (χ1v) is 37.1.